The van der Waals surface area contributed by atoms with Gasteiger partial charge in [0.05, 0.1) is 13.0 Å². The van der Waals surface area contributed by atoms with E-state index in [0.717, 1.165) is 7.11 Å². The molecule has 1 aromatic rings. The molecule has 0 amide bonds. The van der Waals surface area contributed by atoms with Gasteiger partial charge in [0.1, 0.15) is 11.1 Å². The maximum absolute atomic E-state index is 14.1. The lowest BCUT2D eigenvalue weighted by Crippen LogP contribution is -2.13. The predicted octanol–water partition coefficient (Wildman–Crippen LogP) is 5.06. The van der Waals surface area contributed by atoms with E-state index in [9.17, 15) is 18.0 Å². The Labute approximate surface area is 153 Å². The molecule has 0 saturated heterocycles. The minimum atomic E-state index is -1.46. The molecule has 0 bridgehead atoms. The number of benzene rings is 1. The maximum atomic E-state index is 14.1. The largest absolute Gasteiger partial charge is 0.491 e. The molecule has 2 rings (SSSR count). The molecule has 25 heavy (non-hydrogen) atoms. The van der Waals surface area contributed by atoms with Gasteiger partial charge in [0.25, 0.3) is 0 Å². The molecule has 3 nitrogen and oxygen atoms in total. The lowest BCUT2D eigenvalue weighted by atomic mass is 10.1. The molecule has 1 saturated carbocycles. The van der Waals surface area contributed by atoms with E-state index in [-0.39, 0.29) is 21.5 Å². The summed E-state index contributed by atoms with van der Waals surface area (Å²) in [6.07, 6.45) is 1.54. The Kier molecular flexibility index (Phi) is 5.64. The molecule has 0 aliphatic heterocycles. The Morgan fingerprint density at radius 3 is 2.32 bits per heavy atom. The number of esters is 1. The number of carbonyl (C=O) groups excluding carboxylic acids is 1. The van der Waals surface area contributed by atoms with Crippen molar-refractivity contribution in [3.8, 4) is 5.75 Å². The van der Waals surface area contributed by atoms with Gasteiger partial charge in [-0.1, -0.05) is 37.0 Å². The molecule has 138 valence electrons. The molecular weight excluding hydrogens is 380 g/mol. The van der Waals surface area contributed by atoms with Crippen LogP contribution in [0.5, 0.6) is 5.75 Å². The Bertz CT molecular complexity index is 714. The van der Waals surface area contributed by atoms with Crippen LogP contribution in [0.1, 0.15) is 25.0 Å². The molecule has 0 radical (unpaired) electrons. The Balaban J connectivity index is 2.18. The van der Waals surface area contributed by atoms with Crippen molar-refractivity contribution in [1.82, 2.24) is 0 Å². The van der Waals surface area contributed by atoms with Crippen LogP contribution in [0.2, 0.25) is 0 Å². The van der Waals surface area contributed by atoms with Crippen LogP contribution in [0, 0.1) is 41.6 Å². The van der Waals surface area contributed by atoms with Crippen molar-refractivity contribution < 1.29 is 27.4 Å². The van der Waals surface area contributed by atoms with Gasteiger partial charge in [-0.05, 0) is 29.9 Å². The fourth-order valence-electron chi connectivity index (χ4n) is 2.95. The molecule has 1 aromatic carbocycles. The average Bonchev–Trinajstić information content (AvgIpc) is 3.05. The van der Waals surface area contributed by atoms with E-state index in [1.165, 1.54) is 13.0 Å². The number of ether oxygens (including phenoxy) is 2. The smallest absolute Gasteiger partial charge is 0.310 e. The molecule has 0 N–H and O–H groups in total. The first-order valence-electron chi connectivity index (χ1n) is 7.43. The van der Waals surface area contributed by atoms with Crippen molar-refractivity contribution in [1.29, 1.82) is 0 Å². The first-order valence-corrected chi connectivity index (χ1v) is 8.19. The van der Waals surface area contributed by atoms with E-state index < -0.39 is 47.1 Å². The average molecular weight is 397 g/mol. The molecule has 0 spiro atoms. The van der Waals surface area contributed by atoms with Gasteiger partial charge in [-0.15, -0.1) is 0 Å². The van der Waals surface area contributed by atoms with Crippen LogP contribution in [-0.2, 0) is 16.1 Å². The summed E-state index contributed by atoms with van der Waals surface area (Å²) < 4.78 is 51.6. The number of halogens is 5. The highest BCUT2D eigenvalue weighted by Gasteiger charge is 2.61. The zero-order valence-electron chi connectivity index (χ0n) is 14.1. The third-order valence-corrected chi connectivity index (χ3v) is 4.92. The zero-order chi connectivity index (χ0) is 19.1. The van der Waals surface area contributed by atoms with Crippen LogP contribution in [0.25, 0.3) is 0 Å². The van der Waals surface area contributed by atoms with Gasteiger partial charge >= 0.3 is 5.97 Å². The van der Waals surface area contributed by atoms with Gasteiger partial charge < -0.3 is 9.47 Å². The van der Waals surface area contributed by atoms with Crippen molar-refractivity contribution in [2.75, 3.05) is 7.11 Å². The van der Waals surface area contributed by atoms with Crippen molar-refractivity contribution >= 4 is 29.2 Å². The molecule has 1 aliphatic rings. The highest BCUT2D eigenvalue weighted by molar-refractivity contribution is 6.55. The van der Waals surface area contributed by atoms with Crippen molar-refractivity contribution in [2.24, 2.45) is 17.3 Å². The summed E-state index contributed by atoms with van der Waals surface area (Å²) in [5.41, 5.74) is -0.972. The second-order valence-electron chi connectivity index (χ2n) is 6.47. The Morgan fingerprint density at radius 1 is 1.20 bits per heavy atom. The molecule has 0 unspecified atom stereocenters. The first-order chi connectivity index (χ1) is 11.5. The maximum Gasteiger partial charge on any atom is 0.310 e. The number of rotatable bonds is 5. The normalized spacial score (nSPS) is 20.8. The second kappa shape index (κ2) is 7.08. The highest BCUT2D eigenvalue weighted by atomic mass is 35.5. The lowest BCUT2D eigenvalue weighted by Gasteiger charge is -2.13. The molecule has 1 fully saturated rings. The van der Waals surface area contributed by atoms with Crippen LogP contribution >= 0.6 is 23.2 Å². The van der Waals surface area contributed by atoms with Crippen LogP contribution < -0.4 is 4.74 Å². The topological polar surface area (TPSA) is 35.5 Å². The van der Waals surface area contributed by atoms with Crippen LogP contribution in [0.3, 0.4) is 0 Å². The summed E-state index contributed by atoms with van der Waals surface area (Å²) in [5.74, 6) is -5.96. The van der Waals surface area contributed by atoms with Gasteiger partial charge in [0.15, 0.2) is 17.4 Å². The molecule has 0 heterocycles. The minimum absolute atomic E-state index is 0.0366. The minimum Gasteiger partial charge on any atom is -0.491 e. The fourth-order valence-corrected chi connectivity index (χ4v) is 3.23. The number of allylic oxidation sites excluding steroid dienone is 1. The quantitative estimate of drug-likeness (QED) is 0.515. The highest BCUT2D eigenvalue weighted by Crippen LogP contribution is 2.60. The lowest BCUT2D eigenvalue weighted by molar-refractivity contribution is -0.147. The summed E-state index contributed by atoms with van der Waals surface area (Å²) in [7, 11) is 1.03. The summed E-state index contributed by atoms with van der Waals surface area (Å²) >= 11 is 11.2. The standard InChI is InChI=1S/C17H17Cl2F3O3/c1-7-8(13(21)14(22)15(24-4)12(7)20)6-25-16(23)11-9(5-10(18)19)17(11,2)3/h5,9,11H,6H2,1-4H3/t9-,11+/m1/s1. The number of carbonyl (C=O) groups is 1. The molecule has 2 atom stereocenters. The first kappa shape index (κ1) is 19.9. The molecule has 8 heteroatoms. The zero-order valence-corrected chi connectivity index (χ0v) is 15.6. The summed E-state index contributed by atoms with van der Waals surface area (Å²) in [4.78, 5) is 12.2. The fraction of sp³-hybridized carbons (Fsp3) is 0.471. The summed E-state index contributed by atoms with van der Waals surface area (Å²) in [5, 5.41) is 0. The number of hydrogen-bond acceptors (Lipinski definition) is 3. The van der Waals surface area contributed by atoms with E-state index >= 15 is 0 Å². The van der Waals surface area contributed by atoms with E-state index in [0.29, 0.717) is 0 Å². The van der Waals surface area contributed by atoms with Crippen LogP contribution in [0.4, 0.5) is 13.2 Å². The van der Waals surface area contributed by atoms with Crippen molar-refractivity contribution in [2.45, 2.75) is 27.4 Å². The van der Waals surface area contributed by atoms with E-state index in [2.05, 4.69) is 4.74 Å². The predicted molar refractivity (Wildman–Crippen MR) is 88.0 cm³/mol. The number of methoxy groups -OCH3 is 1. The van der Waals surface area contributed by atoms with Gasteiger partial charge in [-0.3, -0.25) is 4.79 Å². The van der Waals surface area contributed by atoms with Crippen LogP contribution in [0.15, 0.2) is 10.6 Å². The molecular formula is C17H17Cl2F3O3. The van der Waals surface area contributed by atoms with Gasteiger partial charge in [0, 0.05) is 5.56 Å². The number of hydrogen-bond donors (Lipinski definition) is 0. The third kappa shape index (κ3) is 3.60. The van der Waals surface area contributed by atoms with E-state index in [1.807, 2.05) is 13.8 Å². The molecule has 0 aromatic heterocycles. The van der Waals surface area contributed by atoms with Crippen LogP contribution in [-0.4, -0.2) is 13.1 Å². The second-order valence-corrected chi connectivity index (χ2v) is 7.48. The summed E-state index contributed by atoms with van der Waals surface area (Å²) in [6.45, 7) is 4.32. The van der Waals surface area contributed by atoms with Gasteiger partial charge in [-0.25, -0.2) is 8.78 Å². The third-order valence-electron chi connectivity index (χ3n) is 4.67. The van der Waals surface area contributed by atoms with Crippen molar-refractivity contribution in [3.63, 3.8) is 0 Å². The summed E-state index contributed by atoms with van der Waals surface area (Å²) in [6, 6.07) is 0. The SMILES string of the molecule is COc1c(F)c(C)c(COC(=O)[C@@H]2[C@@H](C=C(Cl)Cl)C2(C)C)c(F)c1F. The van der Waals surface area contributed by atoms with E-state index in [4.69, 9.17) is 27.9 Å². The Morgan fingerprint density at radius 2 is 1.80 bits per heavy atom. The van der Waals surface area contributed by atoms with Crippen molar-refractivity contribution in [3.05, 3.63) is 39.1 Å². The molecule has 1 aliphatic carbocycles. The van der Waals surface area contributed by atoms with Gasteiger partial charge in [0.2, 0.25) is 5.82 Å². The van der Waals surface area contributed by atoms with Gasteiger partial charge in [-0.2, -0.15) is 4.39 Å². The van der Waals surface area contributed by atoms with E-state index in [1.54, 1.807) is 0 Å². The Hall–Kier alpha value is -1.40. The monoisotopic (exact) mass is 396 g/mol.